The lowest BCUT2D eigenvalue weighted by atomic mass is 9.96. The number of hydrogen-bond acceptors (Lipinski definition) is 6. The average molecular weight is 463 g/mol. The number of hydrogen-bond donors (Lipinski definition) is 2. The Morgan fingerprint density at radius 2 is 2.07 bits per heavy atom. The van der Waals surface area contributed by atoms with Crippen LogP contribution in [0, 0.1) is 5.92 Å². The van der Waals surface area contributed by atoms with E-state index < -0.39 is 0 Å². The molecular formula is C19H32Cl2N6OS. The lowest BCUT2D eigenvalue weighted by Gasteiger charge is -2.31. The molecule has 0 aliphatic carbocycles. The Labute approximate surface area is 189 Å². The molecule has 1 unspecified atom stereocenters. The second-order valence-electron chi connectivity index (χ2n) is 7.22. The van der Waals surface area contributed by atoms with Crippen LogP contribution in [0.2, 0.25) is 0 Å². The van der Waals surface area contributed by atoms with Gasteiger partial charge in [-0.05, 0) is 45.3 Å². The first-order chi connectivity index (χ1) is 13.1. The number of carbonyl (C=O) groups is 1. The van der Waals surface area contributed by atoms with E-state index in [1.54, 1.807) is 29.3 Å². The highest BCUT2D eigenvalue weighted by molar-refractivity contribution is 7.09. The number of carbonyl (C=O) groups excluding carboxylic acids is 1. The van der Waals surface area contributed by atoms with Crippen LogP contribution in [0.15, 0.2) is 17.8 Å². The fraction of sp³-hybridized carbons (Fsp3) is 0.632. The Bertz CT molecular complexity index is 745. The van der Waals surface area contributed by atoms with Gasteiger partial charge in [-0.15, -0.1) is 36.2 Å². The molecule has 2 N–H and O–H groups in total. The topological polar surface area (TPSA) is 75.1 Å². The molecule has 1 amide bonds. The summed E-state index contributed by atoms with van der Waals surface area (Å²) in [7, 11) is 3.66. The number of likely N-dealkylation sites (tertiary alicyclic amines) is 1. The van der Waals surface area contributed by atoms with Gasteiger partial charge in [0.15, 0.2) is 0 Å². The molecule has 0 aromatic carbocycles. The molecule has 29 heavy (non-hydrogen) atoms. The third-order valence-corrected chi connectivity index (χ3v) is 6.21. The lowest BCUT2D eigenvalue weighted by Crippen LogP contribution is -2.41. The van der Waals surface area contributed by atoms with Crippen molar-refractivity contribution < 1.29 is 4.79 Å². The Hall–Kier alpha value is -1.19. The van der Waals surface area contributed by atoms with E-state index >= 15 is 0 Å². The third-order valence-electron chi connectivity index (χ3n) is 5.17. The van der Waals surface area contributed by atoms with Crippen molar-refractivity contribution in [1.82, 2.24) is 30.3 Å². The number of thiazole rings is 1. The molecule has 0 saturated carbocycles. The second-order valence-corrected chi connectivity index (χ2v) is 8.16. The largest absolute Gasteiger partial charge is 0.354 e. The van der Waals surface area contributed by atoms with E-state index in [4.69, 9.17) is 0 Å². The van der Waals surface area contributed by atoms with Crippen molar-refractivity contribution in [2.45, 2.75) is 38.8 Å². The molecule has 3 rings (SSSR count). The van der Waals surface area contributed by atoms with Crippen molar-refractivity contribution >= 4 is 42.1 Å². The van der Waals surface area contributed by atoms with Crippen LogP contribution in [-0.4, -0.2) is 52.3 Å². The predicted molar refractivity (Wildman–Crippen MR) is 122 cm³/mol. The van der Waals surface area contributed by atoms with Gasteiger partial charge in [0.2, 0.25) is 5.91 Å². The Morgan fingerprint density at radius 1 is 1.34 bits per heavy atom. The second kappa shape index (κ2) is 12.5. The smallest absolute Gasteiger partial charge is 0.241 e. The molecule has 3 heterocycles. The van der Waals surface area contributed by atoms with Crippen LogP contribution in [0.1, 0.15) is 42.1 Å². The highest BCUT2D eigenvalue weighted by Crippen LogP contribution is 2.20. The number of piperidine rings is 1. The Morgan fingerprint density at radius 3 is 2.62 bits per heavy atom. The summed E-state index contributed by atoms with van der Waals surface area (Å²) in [5.74, 6) is 0.556. The predicted octanol–water partition coefficient (Wildman–Crippen LogP) is 2.57. The van der Waals surface area contributed by atoms with Crippen molar-refractivity contribution in [2.75, 3.05) is 26.7 Å². The summed E-state index contributed by atoms with van der Waals surface area (Å²) in [6, 6.07) is -0.351. The number of rotatable bonds is 8. The molecule has 0 spiro atoms. The summed E-state index contributed by atoms with van der Waals surface area (Å²) in [5, 5.41) is 13.8. The van der Waals surface area contributed by atoms with E-state index in [1.165, 1.54) is 10.7 Å². The minimum atomic E-state index is -0.351. The fourth-order valence-electron chi connectivity index (χ4n) is 3.55. The van der Waals surface area contributed by atoms with Crippen LogP contribution in [0.25, 0.3) is 0 Å². The molecule has 0 radical (unpaired) electrons. The summed E-state index contributed by atoms with van der Waals surface area (Å²) in [6.07, 6.45) is 6.85. The van der Waals surface area contributed by atoms with Crippen LogP contribution in [-0.2, 0) is 24.8 Å². The molecule has 1 atom stereocenters. The summed E-state index contributed by atoms with van der Waals surface area (Å²) in [6.45, 7) is 5.96. The minimum absolute atomic E-state index is 0. The van der Waals surface area contributed by atoms with Gasteiger partial charge in [-0.2, -0.15) is 5.10 Å². The van der Waals surface area contributed by atoms with Crippen molar-refractivity contribution in [3.63, 3.8) is 0 Å². The van der Waals surface area contributed by atoms with Crippen molar-refractivity contribution in [1.29, 1.82) is 0 Å². The van der Waals surface area contributed by atoms with Gasteiger partial charge in [0, 0.05) is 37.3 Å². The molecule has 7 nitrogen and oxygen atoms in total. The van der Waals surface area contributed by atoms with E-state index in [9.17, 15) is 4.79 Å². The van der Waals surface area contributed by atoms with Gasteiger partial charge < -0.3 is 10.6 Å². The van der Waals surface area contributed by atoms with E-state index in [0.717, 1.165) is 51.0 Å². The number of aromatic nitrogens is 3. The van der Waals surface area contributed by atoms with Crippen molar-refractivity contribution in [2.24, 2.45) is 13.0 Å². The van der Waals surface area contributed by atoms with Crippen LogP contribution < -0.4 is 10.6 Å². The molecular weight excluding hydrogens is 431 g/mol. The Balaban J connectivity index is 0.00000210. The fourth-order valence-corrected chi connectivity index (χ4v) is 4.28. The number of nitrogens with zero attached hydrogens (tertiary/aromatic N) is 4. The van der Waals surface area contributed by atoms with Gasteiger partial charge in [0.25, 0.3) is 0 Å². The normalized spacial score (nSPS) is 16.0. The van der Waals surface area contributed by atoms with Crippen LogP contribution in [0.3, 0.4) is 0 Å². The Kier molecular flexibility index (Phi) is 11.1. The van der Waals surface area contributed by atoms with Crippen molar-refractivity contribution in [3.8, 4) is 0 Å². The third kappa shape index (κ3) is 7.22. The van der Waals surface area contributed by atoms with Gasteiger partial charge in [0.05, 0.1) is 16.9 Å². The standard InChI is InChI=1S/C19H30N6OS.2ClH/c1-4-17-23-16(13-27-17)12-25-7-5-14(6-8-25)9-21-19(26)18(20-2)15-10-22-24(3)11-15;;/h10-11,13-14,18,20H,4-9,12H2,1-3H3,(H,21,26);2*1H. The zero-order valence-corrected chi connectivity index (χ0v) is 19.7. The number of amides is 1. The van der Waals surface area contributed by atoms with Crippen LogP contribution in [0.4, 0.5) is 0 Å². The van der Waals surface area contributed by atoms with Crippen LogP contribution >= 0.6 is 36.2 Å². The van der Waals surface area contributed by atoms with E-state index in [1.807, 2.05) is 13.2 Å². The maximum atomic E-state index is 12.5. The average Bonchev–Trinajstić information content (AvgIpc) is 3.31. The number of nitrogens with one attached hydrogen (secondary N) is 2. The molecule has 164 valence electrons. The first-order valence-corrected chi connectivity index (χ1v) is 10.6. The van der Waals surface area contributed by atoms with E-state index in [0.29, 0.717) is 5.92 Å². The highest BCUT2D eigenvalue weighted by atomic mass is 35.5. The lowest BCUT2D eigenvalue weighted by molar-refractivity contribution is -0.123. The maximum Gasteiger partial charge on any atom is 0.241 e. The molecule has 1 aliphatic heterocycles. The zero-order valence-electron chi connectivity index (χ0n) is 17.3. The minimum Gasteiger partial charge on any atom is -0.354 e. The van der Waals surface area contributed by atoms with Gasteiger partial charge >= 0.3 is 0 Å². The van der Waals surface area contributed by atoms with Crippen molar-refractivity contribution in [3.05, 3.63) is 34.0 Å². The van der Waals surface area contributed by atoms with Gasteiger partial charge in [-0.3, -0.25) is 14.4 Å². The quantitative estimate of drug-likeness (QED) is 0.630. The summed E-state index contributed by atoms with van der Waals surface area (Å²) in [4.78, 5) is 19.7. The van der Waals surface area contributed by atoms with Gasteiger partial charge in [0.1, 0.15) is 6.04 Å². The summed E-state index contributed by atoms with van der Waals surface area (Å²) < 4.78 is 1.72. The number of aryl methyl sites for hydroxylation is 2. The molecule has 0 bridgehead atoms. The molecule has 10 heteroatoms. The maximum absolute atomic E-state index is 12.5. The number of likely N-dealkylation sites (N-methyl/N-ethyl adjacent to an activating group) is 1. The molecule has 1 aliphatic rings. The molecule has 2 aromatic rings. The van der Waals surface area contributed by atoms with Gasteiger partial charge in [-0.1, -0.05) is 6.92 Å². The summed E-state index contributed by atoms with van der Waals surface area (Å²) >= 11 is 1.76. The monoisotopic (exact) mass is 462 g/mol. The zero-order chi connectivity index (χ0) is 19.2. The molecule has 1 fully saturated rings. The SMILES string of the molecule is CCc1nc(CN2CCC(CNC(=O)C(NC)c3cnn(C)c3)CC2)cs1.Cl.Cl. The van der Waals surface area contributed by atoms with E-state index in [2.05, 4.69) is 37.9 Å². The molecule has 1 saturated heterocycles. The van der Waals surface area contributed by atoms with E-state index in [-0.39, 0.29) is 36.8 Å². The summed E-state index contributed by atoms with van der Waals surface area (Å²) in [5.41, 5.74) is 2.08. The van der Waals surface area contributed by atoms with Crippen LogP contribution in [0.5, 0.6) is 0 Å². The molecule has 2 aromatic heterocycles. The first-order valence-electron chi connectivity index (χ1n) is 9.68. The van der Waals surface area contributed by atoms with Gasteiger partial charge in [-0.25, -0.2) is 4.98 Å². The number of halogens is 2. The highest BCUT2D eigenvalue weighted by Gasteiger charge is 2.23. The first kappa shape index (κ1) is 25.8.